The maximum Gasteiger partial charge on any atom is 0.205 e. The Morgan fingerprint density at radius 3 is 2.40 bits per heavy atom. The zero-order valence-electron chi connectivity index (χ0n) is 18.0. The highest BCUT2D eigenvalue weighted by Gasteiger charge is 2.21. The SMILES string of the molecule is COc1ccc(C2=C/C(=C\c3cccc[n+]3C)c3cc(C)c(C)cc3O2)cc1OC. The number of ether oxygens (including phenoxy) is 3. The number of benzene rings is 2. The van der Waals surface area contributed by atoms with E-state index in [2.05, 4.69) is 48.8 Å². The summed E-state index contributed by atoms with van der Waals surface area (Å²) < 4.78 is 19.3. The number of allylic oxidation sites excluding steroid dienone is 2. The zero-order chi connectivity index (χ0) is 21.3. The highest BCUT2D eigenvalue weighted by Crippen LogP contribution is 2.40. The number of aromatic nitrogens is 1. The predicted molar refractivity (Wildman–Crippen MR) is 120 cm³/mol. The summed E-state index contributed by atoms with van der Waals surface area (Å²) in [7, 11) is 5.32. The molecule has 0 bridgehead atoms. The van der Waals surface area contributed by atoms with E-state index in [0.29, 0.717) is 11.5 Å². The minimum Gasteiger partial charge on any atom is -0.493 e. The Kier molecular flexibility index (Phi) is 5.32. The molecule has 2 aromatic carbocycles. The fourth-order valence-corrected chi connectivity index (χ4v) is 3.56. The molecule has 152 valence electrons. The number of rotatable bonds is 4. The Bertz CT molecular complexity index is 1170. The Hall–Kier alpha value is -3.53. The van der Waals surface area contributed by atoms with Crippen LogP contribution < -0.4 is 18.8 Å². The van der Waals surface area contributed by atoms with Gasteiger partial charge in [-0.05, 0) is 73.0 Å². The third-order valence-corrected chi connectivity index (χ3v) is 5.48. The summed E-state index contributed by atoms with van der Waals surface area (Å²) in [4.78, 5) is 0. The van der Waals surface area contributed by atoms with Crippen LogP contribution in [0.1, 0.15) is 27.9 Å². The number of aryl methyl sites for hydroxylation is 3. The summed E-state index contributed by atoms with van der Waals surface area (Å²) in [6.45, 7) is 4.23. The monoisotopic (exact) mass is 400 g/mol. The first-order valence-electron chi connectivity index (χ1n) is 9.90. The molecular weight excluding hydrogens is 374 g/mol. The lowest BCUT2D eigenvalue weighted by Crippen LogP contribution is -2.30. The van der Waals surface area contributed by atoms with Crippen LogP contribution in [-0.4, -0.2) is 14.2 Å². The molecule has 0 fully saturated rings. The number of hydrogen-bond acceptors (Lipinski definition) is 3. The summed E-state index contributed by atoms with van der Waals surface area (Å²) in [6.07, 6.45) is 6.33. The van der Waals surface area contributed by atoms with Crippen LogP contribution in [0.15, 0.2) is 60.8 Å². The zero-order valence-corrected chi connectivity index (χ0v) is 18.0. The Morgan fingerprint density at radius 1 is 0.900 bits per heavy atom. The Morgan fingerprint density at radius 2 is 1.67 bits per heavy atom. The molecule has 0 aliphatic carbocycles. The molecule has 0 saturated carbocycles. The summed E-state index contributed by atoms with van der Waals surface area (Å²) >= 11 is 0. The number of pyridine rings is 1. The van der Waals surface area contributed by atoms with Gasteiger partial charge in [0.2, 0.25) is 5.69 Å². The van der Waals surface area contributed by atoms with Crippen molar-refractivity contribution in [3.63, 3.8) is 0 Å². The summed E-state index contributed by atoms with van der Waals surface area (Å²) in [5.41, 5.74) is 6.68. The van der Waals surface area contributed by atoms with Crippen LogP contribution in [0.4, 0.5) is 0 Å². The van der Waals surface area contributed by atoms with Crippen molar-refractivity contribution in [1.82, 2.24) is 0 Å². The van der Waals surface area contributed by atoms with Gasteiger partial charge >= 0.3 is 0 Å². The van der Waals surface area contributed by atoms with E-state index in [-0.39, 0.29) is 0 Å². The molecule has 0 N–H and O–H groups in total. The molecule has 1 aliphatic rings. The predicted octanol–water partition coefficient (Wildman–Crippen LogP) is 5.12. The minimum absolute atomic E-state index is 0.672. The van der Waals surface area contributed by atoms with Crippen molar-refractivity contribution in [3.05, 3.63) is 88.8 Å². The van der Waals surface area contributed by atoms with E-state index in [1.165, 1.54) is 11.1 Å². The van der Waals surface area contributed by atoms with Crippen molar-refractivity contribution in [2.24, 2.45) is 7.05 Å². The highest BCUT2D eigenvalue weighted by atomic mass is 16.5. The van der Waals surface area contributed by atoms with Crippen LogP contribution in [0.5, 0.6) is 17.2 Å². The third-order valence-electron chi connectivity index (χ3n) is 5.48. The van der Waals surface area contributed by atoms with E-state index in [9.17, 15) is 0 Å². The third kappa shape index (κ3) is 3.69. The lowest BCUT2D eigenvalue weighted by atomic mass is 9.95. The molecule has 0 spiro atoms. The first kappa shape index (κ1) is 19.8. The maximum atomic E-state index is 6.34. The van der Waals surface area contributed by atoms with E-state index in [1.807, 2.05) is 43.6 Å². The number of hydrogen-bond donors (Lipinski definition) is 0. The van der Waals surface area contributed by atoms with Gasteiger partial charge in [0.15, 0.2) is 17.7 Å². The molecule has 3 aromatic rings. The smallest absolute Gasteiger partial charge is 0.205 e. The maximum absolute atomic E-state index is 6.34. The van der Waals surface area contributed by atoms with Gasteiger partial charge in [0.1, 0.15) is 18.6 Å². The van der Waals surface area contributed by atoms with Gasteiger partial charge < -0.3 is 14.2 Å². The minimum atomic E-state index is 0.672. The highest BCUT2D eigenvalue weighted by molar-refractivity contribution is 5.95. The number of fused-ring (bicyclic) bond motifs is 1. The van der Waals surface area contributed by atoms with Crippen molar-refractivity contribution in [3.8, 4) is 17.2 Å². The molecule has 4 nitrogen and oxygen atoms in total. The lowest BCUT2D eigenvalue weighted by Gasteiger charge is -2.22. The summed E-state index contributed by atoms with van der Waals surface area (Å²) in [6, 6.07) is 16.3. The lowest BCUT2D eigenvalue weighted by molar-refractivity contribution is -0.673. The average Bonchev–Trinajstić information content (AvgIpc) is 2.75. The van der Waals surface area contributed by atoms with Gasteiger partial charge in [-0.3, -0.25) is 0 Å². The van der Waals surface area contributed by atoms with Gasteiger partial charge in [-0.15, -0.1) is 0 Å². The van der Waals surface area contributed by atoms with Crippen LogP contribution in [0.2, 0.25) is 0 Å². The second-order valence-corrected chi connectivity index (χ2v) is 7.45. The van der Waals surface area contributed by atoms with E-state index in [1.54, 1.807) is 14.2 Å². The Labute approximate surface area is 177 Å². The van der Waals surface area contributed by atoms with Crippen LogP contribution in [0.25, 0.3) is 17.4 Å². The second-order valence-electron chi connectivity index (χ2n) is 7.45. The second kappa shape index (κ2) is 8.07. The number of methoxy groups -OCH3 is 2. The van der Waals surface area contributed by atoms with Gasteiger partial charge in [0.25, 0.3) is 0 Å². The molecule has 4 rings (SSSR count). The topological polar surface area (TPSA) is 31.6 Å². The average molecular weight is 400 g/mol. The van der Waals surface area contributed by atoms with E-state index in [4.69, 9.17) is 14.2 Å². The van der Waals surface area contributed by atoms with Gasteiger partial charge in [-0.25, -0.2) is 4.57 Å². The van der Waals surface area contributed by atoms with Crippen molar-refractivity contribution in [2.45, 2.75) is 13.8 Å². The van der Waals surface area contributed by atoms with Gasteiger partial charge in [-0.1, -0.05) is 0 Å². The van der Waals surface area contributed by atoms with E-state index in [0.717, 1.165) is 33.9 Å². The molecule has 1 aliphatic heterocycles. The van der Waals surface area contributed by atoms with Crippen molar-refractivity contribution in [1.29, 1.82) is 0 Å². The summed E-state index contributed by atoms with van der Waals surface area (Å²) in [5, 5.41) is 0. The van der Waals surface area contributed by atoms with Crippen molar-refractivity contribution >= 4 is 17.4 Å². The molecule has 4 heteroatoms. The van der Waals surface area contributed by atoms with E-state index >= 15 is 0 Å². The van der Waals surface area contributed by atoms with Crippen LogP contribution in [-0.2, 0) is 7.05 Å². The standard InChI is InChI=1S/C26H26NO3/c1-17-12-22-20(14-21-8-6-7-11-27(21)3)16-24(30-25(22)13-18(17)2)19-9-10-23(28-4)26(15-19)29-5/h6-16H,1-5H3/q+1/b20-14+. The van der Waals surface area contributed by atoms with Gasteiger partial charge in [0.05, 0.1) is 14.2 Å². The van der Waals surface area contributed by atoms with Crippen molar-refractivity contribution in [2.75, 3.05) is 14.2 Å². The first-order chi connectivity index (χ1) is 14.5. The first-order valence-corrected chi connectivity index (χ1v) is 9.90. The molecule has 30 heavy (non-hydrogen) atoms. The molecule has 0 amide bonds. The molecule has 0 atom stereocenters. The molecule has 2 heterocycles. The van der Waals surface area contributed by atoms with Crippen molar-refractivity contribution < 1.29 is 18.8 Å². The molecule has 0 radical (unpaired) electrons. The fourth-order valence-electron chi connectivity index (χ4n) is 3.56. The number of nitrogens with zero attached hydrogens (tertiary/aromatic N) is 1. The quantitative estimate of drug-likeness (QED) is 0.570. The fraction of sp³-hybridized carbons (Fsp3) is 0.192. The largest absolute Gasteiger partial charge is 0.493 e. The molecule has 0 unspecified atom stereocenters. The molecule has 0 saturated heterocycles. The van der Waals surface area contributed by atoms with Gasteiger partial charge in [-0.2, -0.15) is 0 Å². The van der Waals surface area contributed by atoms with E-state index < -0.39 is 0 Å². The normalized spacial score (nSPS) is 14.0. The van der Waals surface area contributed by atoms with Crippen LogP contribution in [0, 0.1) is 13.8 Å². The van der Waals surface area contributed by atoms with Crippen LogP contribution >= 0.6 is 0 Å². The van der Waals surface area contributed by atoms with Crippen LogP contribution in [0.3, 0.4) is 0 Å². The summed E-state index contributed by atoms with van der Waals surface area (Å²) in [5.74, 6) is 2.99. The molecular formula is C26H26NO3+. The van der Waals surface area contributed by atoms with Gasteiger partial charge in [0, 0.05) is 29.3 Å². The molecule has 1 aromatic heterocycles. The Balaban J connectivity index is 1.88.